The molecule has 0 radical (unpaired) electrons. The van der Waals surface area contributed by atoms with Crippen molar-refractivity contribution < 1.29 is 14.8 Å². The summed E-state index contributed by atoms with van der Waals surface area (Å²) in [4.78, 5) is 22.7. The highest BCUT2D eigenvalue weighted by Crippen LogP contribution is 2.26. The number of rotatable bonds is 5. The Morgan fingerprint density at radius 2 is 1.76 bits per heavy atom. The van der Waals surface area contributed by atoms with Gasteiger partial charge in [0.25, 0.3) is 5.69 Å². The molecule has 0 aliphatic heterocycles. The van der Waals surface area contributed by atoms with E-state index in [1.165, 1.54) is 24.3 Å². The van der Waals surface area contributed by atoms with Crippen LogP contribution in [0.1, 0.15) is 18.1 Å². The Bertz CT molecular complexity index is 628. The summed E-state index contributed by atoms with van der Waals surface area (Å²) in [5.74, 6) is 0. The van der Waals surface area contributed by atoms with E-state index in [1.807, 2.05) is 30.3 Å². The molecular formula is C15H13NO4S. The number of nitro benzene ring substituents is 1. The van der Waals surface area contributed by atoms with E-state index >= 15 is 0 Å². The second-order valence-electron chi connectivity index (χ2n) is 4.36. The molecule has 0 heterocycles. The Morgan fingerprint density at radius 3 is 2.33 bits per heavy atom. The van der Waals surface area contributed by atoms with Crippen LogP contribution in [0.4, 0.5) is 5.69 Å². The van der Waals surface area contributed by atoms with Crippen LogP contribution in [0.5, 0.6) is 0 Å². The average molecular weight is 303 g/mol. The van der Waals surface area contributed by atoms with Crippen molar-refractivity contribution in [2.45, 2.75) is 17.4 Å². The van der Waals surface area contributed by atoms with Crippen molar-refractivity contribution in [2.24, 2.45) is 0 Å². The molecule has 0 spiro atoms. The number of hydrogen-bond acceptors (Lipinski definition) is 5. The molecule has 108 valence electrons. The van der Waals surface area contributed by atoms with E-state index in [4.69, 9.17) is 0 Å². The van der Waals surface area contributed by atoms with Crippen LogP contribution in [0.25, 0.3) is 0 Å². The third kappa shape index (κ3) is 4.40. The first-order chi connectivity index (χ1) is 10.1. The SMILES string of the molecule is O=C(CC(O)c1ccc([N+](=O)[O-])cc1)Sc1ccccc1. The van der Waals surface area contributed by atoms with Gasteiger partial charge in [-0.05, 0) is 29.8 Å². The molecule has 1 atom stereocenters. The van der Waals surface area contributed by atoms with Crippen LogP contribution in [0.3, 0.4) is 0 Å². The Hall–Kier alpha value is -2.18. The Morgan fingerprint density at radius 1 is 1.14 bits per heavy atom. The van der Waals surface area contributed by atoms with Crippen molar-refractivity contribution in [1.29, 1.82) is 0 Å². The number of hydrogen-bond donors (Lipinski definition) is 1. The summed E-state index contributed by atoms with van der Waals surface area (Å²) in [5.41, 5.74) is 0.443. The molecule has 2 aromatic rings. The Kier molecular flexibility index (Phi) is 5.08. The number of carbonyl (C=O) groups is 1. The van der Waals surface area contributed by atoms with Crippen molar-refractivity contribution in [3.05, 3.63) is 70.3 Å². The van der Waals surface area contributed by atoms with E-state index in [0.29, 0.717) is 5.56 Å². The smallest absolute Gasteiger partial charge is 0.269 e. The van der Waals surface area contributed by atoms with Gasteiger partial charge in [-0.2, -0.15) is 0 Å². The third-order valence-corrected chi connectivity index (χ3v) is 3.73. The van der Waals surface area contributed by atoms with Crippen LogP contribution < -0.4 is 0 Å². The van der Waals surface area contributed by atoms with Gasteiger partial charge in [-0.1, -0.05) is 30.0 Å². The Labute approximate surface area is 125 Å². The lowest BCUT2D eigenvalue weighted by Gasteiger charge is -2.09. The first kappa shape index (κ1) is 15.2. The molecular weight excluding hydrogens is 290 g/mol. The lowest BCUT2D eigenvalue weighted by Crippen LogP contribution is -2.03. The van der Waals surface area contributed by atoms with Crippen LogP contribution in [-0.4, -0.2) is 15.1 Å². The van der Waals surface area contributed by atoms with E-state index in [-0.39, 0.29) is 17.2 Å². The standard InChI is InChI=1S/C15H13NO4S/c17-14(11-6-8-12(9-7-11)16(19)20)10-15(18)21-13-4-2-1-3-5-13/h1-9,14,17H,10H2. The molecule has 0 aromatic heterocycles. The van der Waals surface area contributed by atoms with Gasteiger partial charge in [-0.15, -0.1) is 0 Å². The fourth-order valence-electron chi connectivity index (χ4n) is 1.76. The van der Waals surface area contributed by atoms with Crippen LogP contribution in [0.15, 0.2) is 59.5 Å². The number of carbonyl (C=O) groups excluding carboxylic acids is 1. The van der Waals surface area contributed by atoms with Gasteiger partial charge in [-0.25, -0.2) is 0 Å². The number of nitro groups is 1. The third-order valence-electron chi connectivity index (χ3n) is 2.82. The second kappa shape index (κ2) is 7.01. The van der Waals surface area contributed by atoms with Crippen molar-refractivity contribution >= 4 is 22.6 Å². The summed E-state index contributed by atoms with van der Waals surface area (Å²) in [6.07, 6.45) is -1.01. The van der Waals surface area contributed by atoms with Gasteiger partial charge >= 0.3 is 0 Å². The molecule has 0 amide bonds. The molecule has 0 saturated carbocycles. The number of nitrogens with zero attached hydrogens (tertiary/aromatic N) is 1. The minimum absolute atomic E-state index is 0.0443. The molecule has 0 bridgehead atoms. The van der Waals surface area contributed by atoms with Gasteiger partial charge in [0.15, 0.2) is 5.12 Å². The van der Waals surface area contributed by atoms with Crippen molar-refractivity contribution in [3.8, 4) is 0 Å². The highest BCUT2D eigenvalue weighted by molar-refractivity contribution is 8.13. The summed E-state index contributed by atoms with van der Waals surface area (Å²) in [6, 6.07) is 14.7. The molecule has 1 unspecified atom stereocenters. The molecule has 0 fully saturated rings. The molecule has 6 heteroatoms. The van der Waals surface area contributed by atoms with Gasteiger partial charge in [0.1, 0.15) is 0 Å². The maximum atomic E-state index is 11.9. The predicted molar refractivity (Wildman–Crippen MR) is 80.0 cm³/mol. The lowest BCUT2D eigenvalue weighted by atomic mass is 10.1. The summed E-state index contributed by atoms with van der Waals surface area (Å²) >= 11 is 1.07. The molecule has 0 aliphatic rings. The van der Waals surface area contributed by atoms with E-state index in [1.54, 1.807) is 0 Å². The van der Waals surface area contributed by atoms with Crippen LogP contribution in [-0.2, 0) is 4.79 Å². The van der Waals surface area contributed by atoms with Crippen LogP contribution >= 0.6 is 11.8 Å². The normalized spacial score (nSPS) is 11.9. The maximum Gasteiger partial charge on any atom is 0.269 e. The maximum absolute atomic E-state index is 11.9. The van der Waals surface area contributed by atoms with E-state index < -0.39 is 11.0 Å². The highest BCUT2D eigenvalue weighted by atomic mass is 32.2. The molecule has 21 heavy (non-hydrogen) atoms. The number of aliphatic hydroxyl groups excluding tert-OH is 1. The largest absolute Gasteiger partial charge is 0.388 e. The lowest BCUT2D eigenvalue weighted by molar-refractivity contribution is -0.384. The van der Waals surface area contributed by atoms with Gasteiger partial charge in [0.05, 0.1) is 11.0 Å². The summed E-state index contributed by atoms with van der Waals surface area (Å²) in [6.45, 7) is 0. The molecule has 2 aromatic carbocycles. The second-order valence-corrected chi connectivity index (χ2v) is 5.49. The van der Waals surface area contributed by atoms with Gasteiger partial charge in [0.2, 0.25) is 0 Å². The quantitative estimate of drug-likeness (QED) is 0.520. The number of benzene rings is 2. The van der Waals surface area contributed by atoms with Crippen molar-refractivity contribution in [3.63, 3.8) is 0 Å². The molecule has 1 N–H and O–H groups in total. The van der Waals surface area contributed by atoms with Gasteiger partial charge < -0.3 is 5.11 Å². The molecule has 2 rings (SSSR count). The highest BCUT2D eigenvalue weighted by Gasteiger charge is 2.15. The summed E-state index contributed by atoms with van der Waals surface area (Å²) < 4.78 is 0. The van der Waals surface area contributed by atoms with E-state index in [2.05, 4.69) is 0 Å². The topological polar surface area (TPSA) is 80.4 Å². The zero-order valence-corrected chi connectivity index (χ0v) is 11.8. The Balaban J connectivity index is 1.95. The number of non-ortho nitro benzene ring substituents is 1. The summed E-state index contributed by atoms with van der Waals surface area (Å²) in [5, 5.41) is 20.4. The minimum Gasteiger partial charge on any atom is -0.388 e. The minimum atomic E-state index is -0.963. The van der Waals surface area contributed by atoms with Gasteiger partial charge in [0, 0.05) is 23.4 Å². The van der Waals surface area contributed by atoms with Crippen LogP contribution in [0.2, 0.25) is 0 Å². The molecule has 0 aliphatic carbocycles. The molecule has 5 nitrogen and oxygen atoms in total. The zero-order chi connectivity index (χ0) is 15.2. The van der Waals surface area contributed by atoms with Crippen molar-refractivity contribution in [2.75, 3.05) is 0 Å². The van der Waals surface area contributed by atoms with Crippen molar-refractivity contribution in [1.82, 2.24) is 0 Å². The first-order valence-corrected chi connectivity index (χ1v) is 7.06. The zero-order valence-electron chi connectivity index (χ0n) is 11.0. The van der Waals surface area contributed by atoms with Gasteiger partial charge in [-0.3, -0.25) is 14.9 Å². The van der Waals surface area contributed by atoms with Crippen LogP contribution in [0, 0.1) is 10.1 Å². The summed E-state index contributed by atoms with van der Waals surface area (Å²) in [7, 11) is 0. The molecule has 0 saturated heterocycles. The predicted octanol–water partition coefficient (Wildman–Crippen LogP) is 3.34. The fourth-order valence-corrected chi connectivity index (χ4v) is 2.55. The average Bonchev–Trinajstić information content (AvgIpc) is 2.48. The fraction of sp³-hybridized carbons (Fsp3) is 0.133. The number of thioether (sulfide) groups is 1. The number of aliphatic hydroxyl groups is 1. The first-order valence-electron chi connectivity index (χ1n) is 6.24. The van der Waals surface area contributed by atoms with E-state index in [0.717, 1.165) is 16.7 Å². The van der Waals surface area contributed by atoms with E-state index in [9.17, 15) is 20.0 Å². The monoisotopic (exact) mass is 303 g/mol.